The summed E-state index contributed by atoms with van der Waals surface area (Å²) < 4.78 is 0. The van der Waals surface area contributed by atoms with Gasteiger partial charge in [-0.25, -0.2) is 0 Å². The highest BCUT2D eigenvalue weighted by Crippen LogP contribution is 2.22. The summed E-state index contributed by atoms with van der Waals surface area (Å²) in [5.74, 6) is 0.932. The van der Waals surface area contributed by atoms with E-state index < -0.39 is 0 Å². The van der Waals surface area contributed by atoms with Gasteiger partial charge in [-0.05, 0) is 31.6 Å². The van der Waals surface area contributed by atoms with Gasteiger partial charge in [-0.1, -0.05) is 26.7 Å². The maximum Gasteiger partial charge on any atom is 0.0162 e. The first-order valence-electron chi connectivity index (χ1n) is 6.21. The van der Waals surface area contributed by atoms with Crippen molar-refractivity contribution in [3.8, 4) is 0 Å². The fraction of sp³-hybridized carbons (Fsp3) is 1.00. The summed E-state index contributed by atoms with van der Waals surface area (Å²) in [6.45, 7) is 5.53. The molecule has 1 aliphatic rings. The van der Waals surface area contributed by atoms with Crippen molar-refractivity contribution in [1.82, 2.24) is 5.32 Å². The Labute approximate surface area is 88.6 Å². The van der Waals surface area contributed by atoms with Crippen LogP contribution < -0.4 is 11.1 Å². The highest BCUT2D eigenvalue weighted by atomic mass is 14.9. The van der Waals surface area contributed by atoms with Crippen LogP contribution in [-0.2, 0) is 0 Å². The van der Waals surface area contributed by atoms with Crippen LogP contribution in [0.4, 0.5) is 0 Å². The van der Waals surface area contributed by atoms with E-state index in [1.807, 2.05) is 0 Å². The van der Waals surface area contributed by atoms with E-state index in [1.54, 1.807) is 0 Å². The molecule has 2 nitrogen and oxygen atoms in total. The molecule has 3 unspecified atom stereocenters. The first-order valence-corrected chi connectivity index (χ1v) is 6.21. The summed E-state index contributed by atoms with van der Waals surface area (Å²) in [5, 5.41) is 3.61. The molecular formula is C12H26N2. The van der Waals surface area contributed by atoms with Crippen molar-refractivity contribution < 1.29 is 0 Å². The topological polar surface area (TPSA) is 38.0 Å². The zero-order valence-corrected chi connectivity index (χ0v) is 9.76. The number of nitrogens with one attached hydrogen (secondary N) is 1. The Balaban J connectivity index is 2.17. The fourth-order valence-electron chi connectivity index (χ4n) is 2.15. The van der Waals surface area contributed by atoms with E-state index in [4.69, 9.17) is 5.73 Å². The number of hydrogen-bond donors (Lipinski definition) is 2. The molecule has 1 rings (SSSR count). The first-order chi connectivity index (χ1) is 6.72. The lowest BCUT2D eigenvalue weighted by atomic mass is 10.0. The number of nitrogens with two attached hydrogens (primary N) is 1. The van der Waals surface area contributed by atoms with Crippen LogP contribution >= 0.6 is 0 Å². The molecular weight excluding hydrogens is 172 g/mol. The minimum atomic E-state index is 0.343. The van der Waals surface area contributed by atoms with Crippen LogP contribution in [0.3, 0.4) is 0 Å². The van der Waals surface area contributed by atoms with Crippen molar-refractivity contribution in [3.05, 3.63) is 0 Å². The smallest absolute Gasteiger partial charge is 0.0162 e. The molecule has 0 radical (unpaired) electrons. The zero-order chi connectivity index (χ0) is 10.4. The van der Waals surface area contributed by atoms with Crippen LogP contribution in [-0.4, -0.2) is 18.6 Å². The summed E-state index contributed by atoms with van der Waals surface area (Å²) in [5.41, 5.74) is 5.89. The summed E-state index contributed by atoms with van der Waals surface area (Å²) in [6, 6.07) is 1.08. The molecule has 14 heavy (non-hydrogen) atoms. The van der Waals surface area contributed by atoms with E-state index in [0.717, 1.165) is 24.9 Å². The van der Waals surface area contributed by atoms with E-state index in [2.05, 4.69) is 19.2 Å². The first kappa shape index (κ1) is 12.0. The molecule has 84 valence electrons. The van der Waals surface area contributed by atoms with Gasteiger partial charge in [-0.3, -0.25) is 0 Å². The molecule has 1 aliphatic carbocycles. The van der Waals surface area contributed by atoms with Gasteiger partial charge in [0.25, 0.3) is 0 Å². The highest BCUT2D eigenvalue weighted by Gasteiger charge is 2.15. The van der Waals surface area contributed by atoms with Gasteiger partial charge in [0, 0.05) is 18.6 Å². The lowest BCUT2D eigenvalue weighted by Gasteiger charge is -2.18. The van der Waals surface area contributed by atoms with Crippen LogP contribution in [0.25, 0.3) is 0 Å². The maximum absolute atomic E-state index is 5.89. The molecule has 1 fully saturated rings. The lowest BCUT2D eigenvalue weighted by molar-refractivity contribution is 0.427. The predicted octanol–water partition coefficient (Wildman–Crippen LogP) is 2.28. The molecule has 0 aromatic carbocycles. The molecule has 0 amide bonds. The largest absolute Gasteiger partial charge is 0.327 e. The SMILES string of the molecule is CCC(N)CNC1CCCC(C)CC1. The third kappa shape index (κ3) is 4.43. The van der Waals surface area contributed by atoms with Gasteiger partial charge in [0.05, 0.1) is 0 Å². The predicted molar refractivity (Wildman–Crippen MR) is 62.3 cm³/mol. The van der Waals surface area contributed by atoms with Gasteiger partial charge >= 0.3 is 0 Å². The van der Waals surface area contributed by atoms with Gasteiger partial charge < -0.3 is 11.1 Å². The second kappa shape index (κ2) is 6.41. The summed E-state index contributed by atoms with van der Waals surface area (Å²) in [6.07, 6.45) is 7.96. The second-order valence-electron chi connectivity index (χ2n) is 4.89. The van der Waals surface area contributed by atoms with Gasteiger partial charge in [0.15, 0.2) is 0 Å². The standard InChI is InChI=1S/C12H26N2/c1-3-11(13)9-14-12-6-4-5-10(2)7-8-12/h10-12,14H,3-9,13H2,1-2H3. The maximum atomic E-state index is 5.89. The van der Waals surface area contributed by atoms with Gasteiger partial charge in [-0.2, -0.15) is 0 Å². The molecule has 0 spiro atoms. The van der Waals surface area contributed by atoms with Crippen LogP contribution in [0.1, 0.15) is 52.4 Å². The fourth-order valence-corrected chi connectivity index (χ4v) is 2.15. The van der Waals surface area contributed by atoms with E-state index in [-0.39, 0.29) is 0 Å². The van der Waals surface area contributed by atoms with Gasteiger partial charge in [-0.15, -0.1) is 0 Å². The Morgan fingerprint density at radius 1 is 1.29 bits per heavy atom. The second-order valence-corrected chi connectivity index (χ2v) is 4.89. The Kier molecular flexibility index (Phi) is 5.49. The van der Waals surface area contributed by atoms with Crippen molar-refractivity contribution in [2.75, 3.05) is 6.54 Å². The molecule has 3 atom stereocenters. The zero-order valence-electron chi connectivity index (χ0n) is 9.76. The third-order valence-corrected chi connectivity index (χ3v) is 3.45. The molecule has 0 saturated heterocycles. The van der Waals surface area contributed by atoms with Crippen molar-refractivity contribution in [3.63, 3.8) is 0 Å². The summed E-state index contributed by atoms with van der Waals surface area (Å²) in [7, 11) is 0. The summed E-state index contributed by atoms with van der Waals surface area (Å²) in [4.78, 5) is 0. The van der Waals surface area contributed by atoms with Gasteiger partial charge in [0.2, 0.25) is 0 Å². The molecule has 0 heterocycles. The van der Waals surface area contributed by atoms with E-state index in [0.29, 0.717) is 6.04 Å². The van der Waals surface area contributed by atoms with Gasteiger partial charge in [0.1, 0.15) is 0 Å². The van der Waals surface area contributed by atoms with Crippen LogP contribution in [0.5, 0.6) is 0 Å². The molecule has 0 aromatic heterocycles. The molecule has 0 aliphatic heterocycles. The van der Waals surface area contributed by atoms with Crippen molar-refractivity contribution in [2.24, 2.45) is 11.7 Å². The molecule has 2 heteroatoms. The van der Waals surface area contributed by atoms with Crippen LogP contribution in [0, 0.1) is 5.92 Å². The molecule has 1 saturated carbocycles. The number of hydrogen-bond acceptors (Lipinski definition) is 2. The minimum Gasteiger partial charge on any atom is -0.327 e. The average molecular weight is 198 g/mol. The van der Waals surface area contributed by atoms with Crippen molar-refractivity contribution in [2.45, 2.75) is 64.5 Å². The molecule has 3 N–H and O–H groups in total. The van der Waals surface area contributed by atoms with Crippen molar-refractivity contribution in [1.29, 1.82) is 0 Å². The van der Waals surface area contributed by atoms with E-state index in [1.165, 1.54) is 32.1 Å². The molecule has 0 aromatic rings. The van der Waals surface area contributed by atoms with E-state index >= 15 is 0 Å². The van der Waals surface area contributed by atoms with Crippen molar-refractivity contribution >= 4 is 0 Å². The number of rotatable bonds is 4. The minimum absolute atomic E-state index is 0.343. The lowest BCUT2D eigenvalue weighted by Crippen LogP contribution is -2.39. The third-order valence-electron chi connectivity index (χ3n) is 3.45. The highest BCUT2D eigenvalue weighted by molar-refractivity contribution is 4.75. The normalized spacial score (nSPS) is 31.1. The Bertz CT molecular complexity index is 147. The van der Waals surface area contributed by atoms with Crippen LogP contribution in [0.15, 0.2) is 0 Å². The van der Waals surface area contributed by atoms with Crippen LogP contribution in [0.2, 0.25) is 0 Å². The Morgan fingerprint density at radius 2 is 2.07 bits per heavy atom. The van der Waals surface area contributed by atoms with E-state index in [9.17, 15) is 0 Å². The monoisotopic (exact) mass is 198 g/mol. The quantitative estimate of drug-likeness (QED) is 0.680. The molecule has 0 bridgehead atoms. The Hall–Kier alpha value is -0.0800. The Morgan fingerprint density at radius 3 is 2.79 bits per heavy atom. The average Bonchev–Trinajstić information content (AvgIpc) is 2.39. The summed E-state index contributed by atoms with van der Waals surface area (Å²) >= 11 is 0.